The molecule has 0 unspecified atom stereocenters. The summed E-state index contributed by atoms with van der Waals surface area (Å²) >= 11 is 0. The van der Waals surface area contributed by atoms with E-state index in [4.69, 9.17) is 0 Å². The number of aromatic nitrogens is 7. The number of pyridine rings is 1. The quantitative estimate of drug-likeness (QED) is 0.272. The number of hydrogen-bond donors (Lipinski definition) is 1. The third-order valence-corrected chi connectivity index (χ3v) is 5.64. The van der Waals surface area contributed by atoms with Crippen molar-refractivity contribution in [1.82, 2.24) is 35.6 Å². The predicted octanol–water partition coefficient (Wildman–Crippen LogP) is 6.40. The Morgan fingerprint density at radius 1 is 0.684 bits per heavy atom. The summed E-state index contributed by atoms with van der Waals surface area (Å²) in [7, 11) is 0. The second-order valence-corrected chi connectivity index (χ2v) is 8.24. The van der Waals surface area contributed by atoms with Crippen LogP contribution in [0.25, 0.3) is 45.2 Å². The molecule has 2 aromatic carbocycles. The van der Waals surface area contributed by atoms with E-state index in [2.05, 4.69) is 35.6 Å². The van der Waals surface area contributed by atoms with E-state index < -0.39 is 23.7 Å². The minimum Gasteiger partial charge on any atom is -0.251 e. The third-order valence-electron chi connectivity index (χ3n) is 5.64. The number of benzene rings is 2. The van der Waals surface area contributed by atoms with Gasteiger partial charge in [-0.2, -0.15) is 31.6 Å². The van der Waals surface area contributed by atoms with Gasteiger partial charge in [0.1, 0.15) is 11.4 Å². The molecule has 0 aliphatic carbocycles. The number of aromatic amines is 1. The molecule has 5 aromatic rings. The van der Waals surface area contributed by atoms with Crippen molar-refractivity contribution in [3.05, 3.63) is 83.8 Å². The second kappa shape index (κ2) is 9.32. The summed E-state index contributed by atoms with van der Waals surface area (Å²) in [6, 6.07) is 14.5. The minimum atomic E-state index is -4.82. The van der Waals surface area contributed by atoms with Crippen LogP contribution in [0, 0.1) is 6.92 Å². The zero-order chi connectivity index (χ0) is 27.1. The summed E-state index contributed by atoms with van der Waals surface area (Å²) in [5, 5.41) is 14.0. The van der Waals surface area contributed by atoms with Crippen molar-refractivity contribution in [1.29, 1.82) is 0 Å². The molecule has 0 saturated heterocycles. The van der Waals surface area contributed by atoms with E-state index in [1.165, 1.54) is 0 Å². The lowest BCUT2D eigenvalue weighted by Gasteiger charge is -2.12. The molecular formula is C25H15F6N7. The van der Waals surface area contributed by atoms with Crippen LogP contribution in [-0.2, 0) is 12.4 Å². The number of aryl methyl sites for hydroxylation is 1. The Labute approximate surface area is 210 Å². The van der Waals surface area contributed by atoms with Gasteiger partial charge in [-0.25, -0.2) is 9.97 Å². The summed E-state index contributed by atoms with van der Waals surface area (Å²) in [5.41, 5.74) is 0.625. The van der Waals surface area contributed by atoms with E-state index in [0.29, 0.717) is 29.1 Å². The number of alkyl halides is 6. The zero-order valence-electron chi connectivity index (χ0n) is 19.3. The van der Waals surface area contributed by atoms with Gasteiger partial charge in [-0.05, 0) is 59.2 Å². The highest BCUT2D eigenvalue weighted by Crippen LogP contribution is 2.35. The Kier molecular flexibility index (Phi) is 6.13. The topological polar surface area (TPSA) is 93.1 Å². The first-order chi connectivity index (χ1) is 18.0. The van der Waals surface area contributed by atoms with Gasteiger partial charge in [0.2, 0.25) is 5.82 Å². The molecule has 13 heteroatoms. The molecule has 7 nitrogen and oxygen atoms in total. The molecule has 0 amide bonds. The number of halogens is 6. The summed E-state index contributed by atoms with van der Waals surface area (Å²) in [6.07, 6.45) is -8.68. The van der Waals surface area contributed by atoms with Crippen LogP contribution < -0.4 is 0 Å². The first-order valence-corrected chi connectivity index (χ1v) is 10.9. The van der Waals surface area contributed by atoms with Gasteiger partial charge in [0.25, 0.3) is 0 Å². The Hall–Kier alpha value is -4.68. The average molecular weight is 527 g/mol. The Bertz CT molecular complexity index is 1590. The van der Waals surface area contributed by atoms with Crippen LogP contribution in [0.15, 0.2) is 66.9 Å². The van der Waals surface area contributed by atoms with Gasteiger partial charge in [-0.15, -0.1) is 10.2 Å². The molecule has 3 heterocycles. The fraction of sp³-hybridized carbons (Fsp3) is 0.120. The Morgan fingerprint density at radius 2 is 1.39 bits per heavy atom. The fourth-order valence-electron chi connectivity index (χ4n) is 3.74. The first-order valence-electron chi connectivity index (χ1n) is 10.9. The molecule has 192 valence electrons. The van der Waals surface area contributed by atoms with E-state index in [9.17, 15) is 26.3 Å². The van der Waals surface area contributed by atoms with Crippen molar-refractivity contribution < 1.29 is 26.3 Å². The third kappa shape index (κ3) is 5.08. The van der Waals surface area contributed by atoms with E-state index in [-0.39, 0.29) is 22.6 Å². The van der Waals surface area contributed by atoms with E-state index in [1.807, 2.05) is 25.1 Å². The van der Waals surface area contributed by atoms with Crippen molar-refractivity contribution in [3.8, 4) is 45.2 Å². The van der Waals surface area contributed by atoms with E-state index in [0.717, 1.165) is 23.4 Å². The smallest absolute Gasteiger partial charge is 0.251 e. The maximum atomic E-state index is 13.7. The van der Waals surface area contributed by atoms with Gasteiger partial charge in [0.15, 0.2) is 5.82 Å². The standard InChI is InChI=1S/C25H15F6N7/c1-13-5-6-15(10-18(13)23-35-37-38-36-23)14-3-2-4-16(9-14)22-33-19(11-21(34-22)25(29,30)31)17-7-8-20(32-12-17)24(26,27)28/h2-12H,1H3,(H,35,36,37,38). The molecule has 3 aromatic heterocycles. The number of hydrogen-bond acceptors (Lipinski definition) is 6. The molecule has 0 aliphatic heterocycles. The molecule has 0 aliphatic rings. The molecule has 0 radical (unpaired) electrons. The molecule has 0 bridgehead atoms. The van der Waals surface area contributed by atoms with Crippen molar-refractivity contribution in [2.75, 3.05) is 0 Å². The molecule has 0 spiro atoms. The van der Waals surface area contributed by atoms with Gasteiger partial charge >= 0.3 is 12.4 Å². The van der Waals surface area contributed by atoms with Crippen LogP contribution >= 0.6 is 0 Å². The highest BCUT2D eigenvalue weighted by molar-refractivity contribution is 5.75. The number of rotatable bonds is 4. The van der Waals surface area contributed by atoms with Crippen LogP contribution in [0.3, 0.4) is 0 Å². The molecule has 0 fully saturated rings. The zero-order valence-corrected chi connectivity index (χ0v) is 19.3. The first kappa shape index (κ1) is 25.0. The van der Waals surface area contributed by atoms with Gasteiger partial charge < -0.3 is 0 Å². The molecule has 5 rings (SSSR count). The predicted molar refractivity (Wildman–Crippen MR) is 124 cm³/mol. The lowest BCUT2D eigenvalue weighted by atomic mass is 9.98. The Balaban J connectivity index is 1.58. The van der Waals surface area contributed by atoms with Gasteiger partial charge in [-0.3, -0.25) is 4.98 Å². The maximum absolute atomic E-state index is 13.7. The van der Waals surface area contributed by atoms with Crippen LogP contribution in [0.2, 0.25) is 0 Å². The van der Waals surface area contributed by atoms with Crippen molar-refractivity contribution in [3.63, 3.8) is 0 Å². The van der Waals surface area contributed by atoms with Crippen molar-refractivity contribution >= 4 is 0 Å². The summed E-state index contributed by atoms with van der Waals surface area (Å²) in [6.45, 7) is 1.88. The van der Waals surface area contributed by atoms with Crippen LogP contribution in [0.1, 0.15) is 17.0 Å². The van der Waals surface area contributed by atoms with E-state index >= 15 is 0 Å². The minimum absolute atomic E-state index is 0.0217. The SMILES string of the molecule is Cc1ccc(-c2cccc(-c3nc(-c4ccc(C(F)(F)F)nc4)cc(C(F)(F)F)n3)c2)cc1-c1nn[nH]n1. The molecule has 0 atom stereocenters. The molecule has 38 heavy (non-hydrogen) atoms. The van der Waals surface area contributed by atoms with Gasteiger partial charge in [0.05, 0.1) is 5.69 Å². The normalized spacial score (nSPS) is 12.1. The van der Waals surface area contributed by atoms with Crippen molar-refractivity contribution in [2.45, 2.75) is 19.3 Å². The molecule has 1 N–H and O–H groups in total. The lowest BCUT2D eigenvalue weighted by molar-refractivity contribution is -0.141. The maximum Gasteiger partial charge on any atom is 0.433 e. The molecule has 0 saturated carbocycles. The average Bonchev–Trinajstić information content (AvgIpc) is 3.43. The second-order valence-electron chi connectivity index (χ2n) is 8.24. The molecular weight excluding hydrogens is 512 g/mol. The van der Waals surface area contributed by atoms with Crippen LogP contribution in [0.5, 0.6) is 0 Å². The highest BCUT2D eigenvalue weighted by Gasteiger charge is 2.35. The van der Waals surface area contributed by atoms with Gasteiger partial charge in [-0.1, -0.05) is 30.3 Å². The number of H-pyrrole nitrogens is 1. The highest BCUT2D eigenvalue weighted by atomic mass is 19.4. The number of nitrogens with zero attached hydrogens (tertiary/aromatic N) is 6. The number of tetrazole rings is 1. The monoisotopic (exact) mass is 527 g/mol. The summed E-state index contributed by atoms with van der Waals surface area (Å²) < 4.78 is 79.7. The van der Waals surface area contributed by atoms with Gasteiger partial charge in [0, 0.05) is 22.9 Å². The summed E-state index contributed by atoms with van der Waals surface area (Å²) in [5.74, 6) is 0.138. The van der Waals surface area contributed by atoms with Crippen molar-refractivity contribution in [2.24, 2.45) is 0 Å². The van der Waals surface area contributed by atoms with E-state index in [1.54, 1.807) is 24.3 Å². The fourth-order valence-corrected chi connectivity index (χ4v) is 3.74. The van der Waals surface area contributed by atoms with Crippen LogP contribution in [0.4, 0.5) is 26.3 Å². The summed E-state index contributed by atoms with van der Waals surface area (Å²) in [4.78, 5) is 11.2. The largest absolute Gasteiger partial charge is 0.433 e. The Morgan fingerprint density at radius 3 is 2.05 bits per heavy atom. The van der Waals surface area contributed by atoms with Crippen LogP contribution in [-0.4, -0.2) is 35.6 Å². The number of nitrogens with one attached hydrogen (secondary N) is 1. The lowest BCUT2D eigenvalue weighted by Crippen LogP contribution is -2.11.